The number of hydrogen-bond donors (Lipinski definition) is 0. The lowest BCUT2D eigenvalue weighted by molar-refractivity contribution is 0.0645. The van der Waals surface area contributed by atoms with Gasteiger partial charge in [0.25, 0.3) is 0 Å². The zero-order chi connectivity index (χ0) is 15.1. The molecule has 2 aromatic carbocycles. The normalized spacial score (nSPS) is 11.5. The van der Waals surface area contributed by atoms with Gasteiger partial charge >= 0.3 is 6.16 Å². The van der Waals surface area contributed by atoms with E-state index in [9.17, 15) is 4.79 Å². The summed E-state index contributed by atoms with van der Waals surface area (Å²) in [6, 6.07) is 18.7. The van der Waals surface area contributed by atoms with E-state index in [0.717, 1.165) is 12.2 Å². The van der Waals surface area contributed by atoms with E-state index in [-0.39, 0.29) is 0 Å². The van der Waals surface area contributed by atoms with Crippen LogP contribution in [0.15, 0.2) is 60.7 Å². The summed E-state index contributed by atoms with van der Waals surface area (Å²) in [6.07, 6.45) is -1.11. The third kappa shape index (κ3) is 4.24. The monoisotopic (exact) mass is 285 g/mol. The Bertz CT molecular complexity index is 557. The van der Waals surface area contributed by atoms with Crippen molar-refractivity contribution in [1.82, 2.24) is 0 Å². The Balaban J connectivity index is 1.96. The van der Waals surface area contributed by atoms with Crippen LogP contribution in [0.2, 0.25) is 0 Å². The maximum atomic E-state index is 11.8. The number of carbonyl (C=O) groups is 1. The van der Waals surface area contributed by atoms with Gasteiger partial charge in [-0.2, -0.15) is 0 Å². The smallest absolute Gasteiger partial charge is 0.410 e. The van der Waals surface area contributed by atoms with Crippen LogP contribution in [0.3, 0.4) is 0 Å². The number of rotatable bonds is 5. The SMILES string of the molecule is CCN(c1ccccc1)C(C)OC(=O)Oc1ccccc1. The van der Waals surface area contributed by atoms with E-state index in [0.29, 0.717) is 5.75 Å². The van der Waals surface area contributed by atoms with E-state index in [1.165, 1.54) is 0 Å². The second kappa shape index (κ2) is 7.33. The summed E-state index contributed by atoms with van der Waals surface area (Å²) in [4.78, 5) is 13.8. The summed E-state index contributed by atoms with van der Waals surface area (Å²) < 4.78 is 10.5. The van der Waals surface area contributed by atoms with Crippen molar-refractivity contribution in [3.8, 4) is 5.75 Å². The first-order valence-corrected chi connectivity index (χ1v) is 6.96. The van der Waals surface area contributed by atoms with Gasteiger partial charge in [-0.05, 0) is 38.1 Å². The third-order valence-electron chi connectivity index (χ3n) is 3.08. The molecule has 21 heavy (non-hydrogen) atoms. The van der Waals surface area contributed by atoms with Crippen molar-refractivity contribution in [2.75, 3.05) is 11.4 Å². The van der Waals surface area contributed by atoms with Gasteiger partial charge in [0.1, 0.15) is 5.75 Å². The average Bonchev–Trinajstić information content (AvgIpc) is 2.50. The molecule has 4 heteroatoms. The third-order valence-corrected chi connectivity index (χ3v) is 3.08. The van der Waals surface area contributed by atoms with Crippen LogP contribution in [0.25, 0.3) is 0 Å². The Labute approximate surface area is 124 Å². The van der Waals surface area contributed by atoms with Crippen LogP contribution in [-0.2, 0) is 4.74 Å². The predicted octanol–water partition coefficient (Wildman–Crippen LogP) is 4.07. The minimum atomic E-state index is -0.705. The first kappa shape index (κ1) is 14.9. The number of para-hydroxylation sites is 2. The average molecular weight is 285 g/mol. The number of nitrogens with zero attached hydrogens (tertiary/aromatic N) is 1. The highest BCUT2D eigenvalue weighted by molar-refractivity contribution is 5.64. The largest absolute Gasteiger partial charge is 0.515 e. The molecule has 0 aliphatic rings. The molecule has 0 bridgehead atoms. The first-order chi connectivity index (χ1) is 10.2. The first-order valence-electron chi connectivity index (χ1n) is 6.96. The van der Waals surface area contributed by atoms with Crippen molar-refractivity contribution in [2.45, 2.75) is 20.1 Å². The molecule has 2 aromatic rings. The Hall–Kier alpha value is -2.49. The second-order valence-electron chi connectivity index (χ2n) is 4.50. The molecule has 110 valence electrons. The lowest BCUT2D eigenvalue weighted by atomic mass is 10.3. The molecule has 1 unspecified atom stereocenters. The summed E-state index contributed by atoms with van der Waals surface area (Å²) in [5.74, 6) is 0.470. The molecule has 0 aliphatic carbocycles. The molecule has 0 saturated carbocycles. The van der Waals surface area contributed by atoms with Crippen LogP contribution in [0.1, 0.15) is 13.8 Å². The summed E-state index contributed by atoms with van der Waals surface area (Å²) in [7, 11) is 0. The van der Waals surface area contributed by atoms with Crippen LogP contribution < -0.4 is 9.64 Å². The Morgan fingerprint density at radius 1 is 1.05 bits per heavy atom. The summed E-state index contributed by atoms with van der Waals surface area (Å²) in [6.45, 7) is 4.56. The fourth-order valence-corrected chi connectivity index (χ4v) is 2.08. The summed E-state index contributed by atoms with van der Waals surface area (Å²) in [5, 5.41) is 0. The maximum Gasteiger partial charge on any atom is 0.515 e. The van der Waals surface area contributed by atoms with Crippen LogP contribution in [0, 0.1) is 0 Å². The molecule has 0 saturated heterocycles. The molecule has 1 atom stereocenters. The zero-order valence-corrected chi connectivity index (χ0v) is 12.2. The molecule has 0 spiro atoms. The fraction of sp³-hybridized carbons (Fsp3) is 0.235. The van der Waals surface area contributed by atoms with Gasteiger partial charge < -0.3 is 14.4 Å². The fourth-order valence-electron chi connectivity index (χ4n) is 2.08. The standard InChI is InChI=1S/C17H19NO3/c1-3-18(15-10-6-4-7-11-15)14(2)20-17(19)21-16-12-8-5-9-13-16/h4-14H,3H2,1-2H3. The van der Waals surface area contributed by atoms with Crippen LogP contribution in [-0.4, -0.2) is 18.9 Å². The lowest BCUT2D eigenvalue weighted by Crippen LogP contribution is -2.37. The molecular formula is C17H19NO3. The molecule has 0 heterocycles. The van der Waals surface area contributed by atoms with Crippen molar-refractivity contribution >= 4 is 11.8 Å². The topological polar surface area (TPSA) is 38.8 Å². The van der Waals surface area contributed by atoms with Gasteiger partial charge in [0.15, 0.2) is 6.23 Å². The molecule has 0 radical (unpaired) electrons. The Morgan fingerprint density at radius 2 is 1.62 bits per heavy atom. The van der Waals surface area contributed by atoms with Gasteiger partial charge in [-0.15, -0.1) is 0 Å². The highest BCUT2D eigenvalue weighted by Crippen LogP contribution is 2.17. The van der Waals surface area contributed by atoms with Gasteiger partial charge in [0.05, 0.1) is 0 Å². The van der Waals surface area contributed by atoms with Crippen molar-refractivity contribution < 1.29 is 14.3 Å². The van der Waals surface area contributed by atoms with Gasteiger partial charge in [0, 0.05) is 12.2 Å². The minimum absolute atomic E-state index is 0.409. The summed E-state index contributed by atoms with van der Waals surface area (Å²) >= 11 is 0. The molecular weight excluding hydrogens is 266 g/mol. The predicted molar refractivity (Wildman–Crippen MR) is 82.5 cm³/mol. The molecule has 0 N–H and O–H groups in total. The Morgan fingerprint density at radius 3 is 2.19 bits per heavy atom. The van der Waals surface area contributed by atoms with Crippen molar-refractivity contribution in [3.63, 3.8) is 0 Å². The van der Waals surface area contributed by atoms with Crippen LogP contribution in [0.4, 0.5) is 10.5 Å². The van der Waals surface area contributed by atoms with E-state index < -0.39 is 12.4 Å². The molecule has 0 fully saturated rings. The van der Waals surface area contributed by atoms with Gasteiger partial charge in [-0.25, -0.2) is 4.79 Å². The molecule has 2 rings (SSSR count). The Kier molecular flexibility index (Phi) is 5.21. The highest BCUT2D eigenvalue weighted by atomic mass is 16.7. The second-order valence-corrected chi connectivity index (χ2v) is 4.50. The van der Waals surface area contributed by atoms with Gasteiger partial charge in [-0.1, -0.05) is 36.4 Å². The van der Waals surface area contributed by atoms with Crippen LogP contribution >= 0.6 is 0 Å². The van der Waals surface area contributed by atoms with Crippen LogP contribution in [0.5, 0.6) is 5.75 Å². The number of benzene rings is 2. The summed E-state index contributed by atoms with van der Waals surface area (Å²) in [5.41, 5.74) is 1.00. The van der Waals surface area contributed by atoms with Crippen molar-refractivity contribution in [3.05, 3.63) is 60.7 Å². The van der Waals surface area contributed by atoms with E-state index >= 15 is 0 Å². The lowest BCUT2D eigenvalue weighted by Gasteiger charge is -2.29. The highest BCUT2D eigenvalue weighted by Gasteiger charge is 2.18. The molecule has 0 aromatic heterocycles. The number of ether oxygens (including phenoxy) is 2. The molecule has 0 aliphatic heterocycles. The molecule has 4 nitrogen and oxygen atoms in total. The van der Waals surface area contributed by atoms with E-state index in [1.54, 1.807) is 24.3 Å². The molecule has 0 amide bonds. The van der Waals surface area contributed by atoms with Gasteiger partial charge in [-0.3, -0.25) is 0 Å². The van der Waals surface area contributed by atoms with E-state index in [1.807, 2.05) is 55.1 Å². The zero-order valence-electron chi connectivity index (χ0n) is 12.2. The quantitative estimate of drug-likeness (QED) is 0.471. The van der Waals surface area contributed by atoms with Gasteiger partial charge in [0.2, 0.25) is 0 Å². The van der Waals surface area contributed by atoms with Crippen molar-refractivity contribution in [1.29, 1.82) is 0 Å². The minimum Gasteiger partial charge on any atom is -0.410 e. The number of hydrogen-bond acceptors (Lipinski definition) is 4. The van der Waals surface area contributed by atoms with E-state index in [4.69, 9.17) is 9.47 Å². The van der Waals surface area contributed by atoms with E-state index in [2.05, 4.69) is 0 Å². The number of carbonyl (C=O) groups excluding carboxylic acids is 1. The van der Waals surface area contributed by atoms with Crippen molar-refractivity contribution in [2.24, 2.45) is 0 Å². The number of anilines is 1. The maximum absolute atomic E-state index is 11.8.